The van der Waals surface area contributed by atoms with Crippen molar-refractivity contribution in [2.24, 2.45) is 11.8 Å². The number of amides is 1. The van der Waals surface area contributed by atoms with E-state index in [0.29, 0.717) is 12.5 Å². The molecule has 0 radical (unpaired) electrons. The summed E-state index contributed by atoms with van der Waals surface area (Å²) < 4.78 is 12.1. The second kappa shape index (κ2) is 7.51. The van der Waals surface area contributed by atoms with Crippen LogP contribution in [0.5, 0.6) is 0 Å². The Kier molecular flexibility index (Phi) is 7.13. The van der Waals surface area contributed by atoms with Crippen LogP contribution < -0.4 is 5.32 Å². The first kappa shape index (κ1) is 17.1. The lowest BCUT2D eigenvalue weighted by molar-refractivity contribution is -0.137. The van der Waals surface area contributed by atoms with Gasteiger partial charge in [0.05, 0.1) is 0 Å². The number of carboxylic acids is 1. The summed E-state index contributed by atoms with van der Waals surface area (Å²) in [6.07, 6.45) is 0. The van der Waals surface area contributed by atoms with E-state index in [1.165, 1.54) is 6.92 Å². The first-order chi connectivity index (χ1) is 8.18. The van der Waals surface area contributed by atoms with Crippen LogP contribution >= 0.6 is 0 Å². The molecule has 0 aliphatic heterocycles. The summed E-state index contributed by atoms with van der Waals surface area (Å²) in [5.74, 6) is -1.44. The van der Waals surface area contributed by atoms with Crippen molar-refractivity contribution in [3.8, 4) is 0 Å². The van der Waals surface area contributed by atoms with Gasteiger partial charge in [0.25, 0.3) is 0 Å². The van der Waals surface area contributed by atoms with Crippen molar-refractivity contribution < 1.29 is 18.9 Å². The van der Waals surface area contributed by atoms with Crippen molar-refractivity contribution in [1.29, 1.82) is 0 Å². The standard InChI is InChI=1S/C12H23NO4S/c1-7(2)6-13-11(14)9(5)18(17)10(8(3)4)12(15)16/h7-10H,6H2,1-5H3,(H,13,14)(H,15,16). The highest BCUT2D eigenvalue weighted by Gasteiger charge is 2.34. The number of carbonyl (C=O) groups excluding carboxylic acids is 1. The van der Waals surface area contributed by atoms with Gasteiger partial charge < -0.3 is 10.4 Å². The molecule has 3 unspecified atom stereocenters. The van der Waals surface area contributed by atoms with Crippen LogP contribution in [0, 0.1) is 11.8 Å². The average Bonchev–Trinajstić information content (AvgIpc) is 2.23. The van der Waals surface area contributed by atoms with E-state index in [1.54, 1.807) is 13.8 Å². The van der Waals surface area contributed by atoms with Crippen LogP contribution in [-0.4, -0.2) is 38.2 Å². The van der Waals surface area contributed by atoms with E-state index in [4.69, 9.17) is 5.11 Å². The summed E-state index contributed by atoms with van der Waals surface area (Å²) in [5.41, 5.74) is 0. The van der Waals surface area contributed by atoms with Crippen molar-refractivity contribution >= 4 is 22.7 Å². The molecule has 18 heavy (non-hydrogen) atoms. The van der Waals surface area contributed by atoms with Crippen molar-refractivity contribution in [2.75, 3.05) is 6.54 Å². The number of carbonyl (C=O) groups is 2. The van der Waals surface area contributed by atoms with Crippen LogP contribution in [0.15, 0.2) is 0 Å². The van der Waals surface area contributed by atoms with Gasteiger partial charge in [0, 0.05) is 17.3 Å². The molecular formula is C12H23NO4S. The van der Waals surface area contributed by atoms with Gasteiger partial charge in [0.1, 0.15) is 10.5 Å². The van der Waals surface area contributed by atoms with E-state index >= 15 is 0 Å². The van der Waals surface area contributed by atoms with Gasteiger partial charge in [-0.15, -0.1) is 0 Å². The number of hydrogen-bond acceptors (Lipinski definition) is 3. The van der Waals surface area contributed by atoms with Gasteiger partial charge in [-0.3, -0.25) is 13.8 Å². The molecule has 0 rings (SSSR count). The highest BCUT2D eigenvalue weighted by molar-refractivity contribution is 7.87. The fraction of sp³-hybridized carbons (Fsp3) is 0.833. The SMILES string of the molecule is CC(C)CNC(=O)C(C)S(=O)C(C(=O)O)C(C)C. The van der Waals surface area contributed by atoms with Crippen LogP contribution in [0.25, 0.3) is 0 Å². The summed E-state index contributed by atoms with van der Waals surface area (Å²) in [5, 5.41) is 9.89. The summed E-state index contributed by atoms with van der Waals surface area (Å²) in [6.45, 7) is 9.29. The molecule has 2 N–H and O–H groups in total. The lowest BCUT2D eigenvalue weighted by Crippen LogP contribution is -2.43. The third-order valence-corrected chi connectivity index (χ3v) is 4.66. The highest BCUT2D eigenvalue weighted by atomic mass is 32.2. The molecule has 5 nitrogen and oxygen atoms in total. The minimum absolute atomic E-state index is 0.274. The van der Waals surface area contributed by atoms with E-state index in [2.05, 4.69) is 5.32 Å². The normalized spacial score (nSPS) is 16.4. The van der Waals surface area contributed by atoms with E-state index in [9.17, 15) is 13.8 Å². The quantitative estimate of drug-likeness (QED) is 0.727. The van der Waals surface area contributed by atoms with Crippen LogP contribution in [0.4, 0.5) is 0 Å². The number of nitrogens with one attached hydrogen (secondary N) is 1. The molecule has 0 aliphatic rings. The number of carboxylic acid groups (broad SMARTS) is 1. The van der Waals surface area contributed by atoms with Crippen LogP contribution in [0.3, 0.4) is 0 Å². The molecule has 0 aromatic rings. The molecule has 0 saturated heterocycles. The molecule has 0 aromatic carbocycles. The monoisotopic (exact) mass is 277 g/mol. The molecule has 0 aromatic heterocycles. The van der Waals surface area contributed by atoms with E-state index in [1.807, 2.05) is 13.8 Å². The Labute approximate surface area is 111 Å². The highest BCUT2D eigenvalue weighted by Crippen LogP contribution is 2.14. The van der Waals surface area contributed by atoms with Crippen molar-refractivity contribution in [1.82, 2.24) is 5.32 Å². The molecule has 3 atom stereocenters. The zero-order valence-corrected chi connectivity index (χ0v) is 12.4. The largest absolute Gasteiger partial charge is 0.480 e. The Balaban J connectivity index is 4.66. The van der Waals surface area contributed by atoms with Gasteiger partial charge in [0.2, 0.25) is 5.91 Å². The van der Waals surface area contributed by atoms with Gasteiger partial charge in [0.15, 0.2) is 0 Å². The smallest absolute Gasteiger partial charge is 0.319 e. The number of rotatable bonds is 7. The second-order valence-electron chi connectivity index (χ2n) is 5.11. The third-order valence-electron chi connectivity index (χ3n) is 2.50. The maximum absolute atomic E-state index is 12.1. The Hall–Kier alpha value is -0.910. The summed E-state index contributed by atoms with van der Waals surface area (Å²) >= 11 is 0. The summed E-state index contributed by atoms with van der Waals surface area (Å²) in [7, 11) is -1.72. The molecule has 0 aliphatic carbocycles. The van der Waals surface area contributed by atoms with E-state index in [0.717, 1.165) is 0 Å². The fourth-order valence-corrected chi connectivity index (χ4v) is 2.90. The van der Waals surface area contributed by atoms with Crippen LogP contribution in [0.1, 0.15) is 34.6 Å². The minimum Gasteiger partial charge on any atom is -0.480 e. The maximum atomic E-state index is 12.1. The molecule has 6 heteroatoms. The zero-order valence-electron chi connectivity index (χ0n) is 11.6. The number of hydrogen-bond donors (Lipinski definition) is 2. The molecule has 0 heterocycles. The van der Waals surface area contributed by atoms with Crippen LogP contribution in [0.2, 0.25) is 0 Å². The van der Waals surface area contributed by atoms with Gasteiger partial charge in [-0.25, -0.2) is 0 Å². The molecule has 0 bridgehead atoms. The maximum Gasteiger partial charge on any atom is 0.319 e. The van der Waals surface area contributed by atoms with Crippen molar-refractivity contribution in [3.05, 3.63) is 0 Å². The first-order valence-electron chi connectivity index (χ1n) is 6.08. The van der Waals surface area contributed by atoms with Gasteiger partial charge in [-0.2, -0.15) is 0 Å². The van der Waals surface area contributed by atoms with Crippen molar-refractivity contribution in [3.63, 3.8) is 0 Å². The third kappa shape index (κ3) is 5.16. The van der Waals surface area contributed by atoms with Crippen LogP contribution in [-0.2, 0) is 20.4 Å². The first-order valence-corrected chi connectivity index (χ1v) is 7.36. The Morgan fingerprint density at radius 3 is 2.00 bits per heavy atom. The second-order valence-corrected chi connectivity index (χ2v) is 6.98. The molecule has 1 amide bonds. The lowest BCUT2D eigenvalue weighted by Gasteiger charge is -2.20. The number of aliphatic carboxylic acids is 1. The molecular weight excluding hydrogens is 254 g/mol. The average molecular weight is 277 g/mol. The Morgan fingerprint density at radius 1 is 1.17 bits per heavy atom. The minimum atomic E-state index is -1.72. The molecule has 0 saturated carbocycles. The van der Waals surface area contributed by atoms with Crippen molar-refractivity contribution in [2.45, 2.75) is 45.1 Å². The Bertz CT molecular complexity index is 328. The topological polar surface area (TPSA) is 83.5 Å². The summed E-state index contributed by atoms with van der Waals surface area (Å²) in [4.78, 5) is 22.8. The molecule has 0 fully saturated rings. The fourth-order valence-electron chi connectivity index (χ4n) is 1.43. The molecule has 106 valence electrons. The Morgan fingerprint density at radius 2 is 1.67 bits per heavy atom. The van der Waals surface area contributed by atoms with E-state index < -0.39 is 27.3 Å². The predicted octanol–water partition coefficient (Wildman–Crippen LogP) is 1.00. The van der Waals surface area contributed by atoms with Gasteiger partial charge in [-0.05, 0) is 18.8 Å². The zero-order chi connectivity index (χ0) is 14.5. The lowest BCUT2D eigenvalue weighted by atomic mass is 10.1. The predicted molar refractivity (Wildman–Crippen MR) is 71.7 cm³/mol. The van der Waals surface area contributed by atoms with Gasteiger partial charge in [-0.1, -0.05) is 27.7 Å². The summed E-state index contributed by atoms with van der Waals surface area (Å²) in [6, 6.07) is 0. The van der Waals surface area contributed by atoms with Gasteiger partial charge >= 0.3 is 5.97 Å². The molecule has 0 spiro atoms. The van der Waals surface area contributed by atoms with E-state index in [-0.39, 0.29) is 11.8 Å².